The monoisotopic (exact) mass is 349 g/mol. The lowest BCUT2D eigenvalue weighted by Gasteiger charge is -2.24. The first-order valence-electron chi connectivity index (χ1n) is 8.62. The largest absolute Gasteiger partial charge is 0.333 e. The van der Waals surface area contributed by atoms with Gasteiger partial charge in [0, 0.05) is 37.1 Å². The van der Waals surface area contributed by atoms with Gasteiger partial charge >= 0.3 is 0 Å². The molecule has 1 aliphatic rings. The molecule has 1 aromatic carbocycles. The van der Waals surface area contributed by atoms with E-state index in [0.717, 1.165) is 24.1 Å². The molecule has 7 heteroatoms. The van der Waals surface area contributed by atoms with Gasteiger partial charge in [0.05, 0.1) is 18.1 Å². The zero-order valence-corrected chi connectivity index (χ0v) is 14.2. The minimum absolute atomic E-state index is 0.00650. The first kappa shape index (κ1) is 16.3. The maximum absolute atomic E-state index is 13.1. The van der Waals surface area contributed by atoms with Crippen LogP contribution in [0, 0.1) is 0 Å². The number of nitrogens with one attached hydrogen (secondary N) is 1. The van der Waals surface area contributed by atoms with Crippen LogP contribution in [0.3, 0.4) is 0 Å². The molecule has 0 spiro atoms. The van der Waals surface area contributed by atoms with Crippen LogP contribution in [0.2, 0.25) is 0 Å². The third-order valence-corrected chi connectivity index (χ3v) is 4.65. The van der Waals surface area contributed by atoms with Crippen molar-refractivity contribution in [2.75, 3.05) is 6.54 Å². The third-order valence-electron chi connectivity index (χ3n) is 4.65. The van der Waals surface area contributed by atoms with E-state index in [-0.39, 0.29) is 17.5 Å². The number of amides is 1. The van der Waals surface area contributed by atoms with E-state index in [4.69, 9.17) is 0 Å². The van der Waals surface area contributed by atoms with E-state index in [1.54, 1.807) is 18.6 Å². The molecule has 7 nitrogen and oxygen atoms in total. The van der Waals surface area contributed by atoms with E-state index < -0.39 is 0 Å². The fourth-order valence-electron chi connectivity index (χ4n) is 3.42. The zero-order chi connectivity index (χ0) is 17.9. The topological polar surface area (TPSA) is 83.9 Å². The lowest BCUT2D eigenvalue weighted by Crippen LogP contribution is -2.31. The summed E-state index contributed by atoms with van der Waals surface area (Å²) < 4.78 is 1.96. The Morgan fingerprint density at radius 1 is 1.27 bits per heavy atom. The number of carbonyl (C=O) groups is 1. The number of imidazole rings is 1. The number of rotatable bonds is 4. The highest BCUT2D eigenvalue weighted by Crippen LogP contribution is 2.31. The molecule has 3 heterocycles. The van der Waals surface area contributed by atoms with Gasteiger partial charge in [0.25, 0.3) is 11.5 Å². The van der Waals surface area contributed by atoms with Gasteiger partial charge in [0.1, 0.15) is 0 Å². The molecule has 0 saturated carbocycles. The highest BCUT2D eigenvalue weighted by atomic mass is 16.2. The summed E-state index contributed by atoms with van der Waals surface area (Å²) >= 11 is 0. The van der Waals surface area contributed by atoms with Crippen LogP contribution in [-0.2, 0) is 6.54 Å². The highest BCUT2D eigenvalue weighted by Gasteiger charge is 2.31. The number of benzene rings is 1. The Morgan fingerprint density at radius 2 is 2.19 bits per heavy atom. The fraction of sp³-hybridized carbons (Fsp3) is 0.263. The second kappa shape index (κ2) is 6.95. The Kier molecular flexibility index (Phi) is 4.35. The van der Waals surface area contributed by atoms with Crippen LogP contribution in [0.4, 0.5) is 0 Å². The molecule has 26 heavy (non-hydrogen) atoms. The molecule has 0 radical (unpaired) electrons. The average molecular weight is 349 g/mol. The summed E-state index contributed by atoms with van der Waals surface area (Å²) in [4.78, 5) is 30.2. The van der Waals surface area contributed by atoms with E-state index in [1.807, 2.05) is 39.9 Å². The SMILES string of the molecule is O=C(c1cccc(Cn2ccnc2)c1)N1CCCC1c1ccc(=O)[nH]n1. The van der Waals surface area contributed by atoms with Crippen molar-refractivity contribution in [1.29, 1.82) is 0 Å². The molecule has 1 amide bonds. The summed E-state index contributed by atoms with van der Waals surface area (Å²) in [6.07, 6.45) is 7.16. The van der Waals surface area contributed by atoms with Crippen LogP contribution < -0.4 is 5.56 Å². The zero-order valence-electron chi connectivity index (χ0n) is 14.2. The van der Waals surface area contributed by atoms with E-state index >= 15 is 0 Å². The number of likely N-dealkylation sites (tertiary alicyclic amines) is 1. The Balaban J connectivity index is 1.56. The number of aromatic nitrogens is 4. The second-order valence-corrected chi connectivity index (χ2v) is 6.44. The number of aromatic amines is 1. The Hall–Kier alpha value is -3.22. The van der Waals surface area contributed by atoms with Crippen LogP contribution in [-0.4, -0.2) is 37.1 Å². The number of carbonyl (C=O) groups excluding carboxylic acids is 1. The number of hydrogen-bond acceptors (Lipinski definition) is 4. The summed E-state index contributed by atoms with van der Waals surface area (Å²) in [5.41, 5.74) is 2.20. The van der Waals surface area contributed by atoms with Gasteiger partial charge in [0.15, 0.2) is 0 Å². The smallest absolute Gasteiger partial charge is 0.264 e. The molecule has 132 valence electrons. The van der Waals surface area contributed by atoms with Crippen molar-refractivity contribution in [2.45, 2.75) is 25.4 Å². The third kappa shape index (κ3) is 3.28. The van der Waals surface area contributed by atoms with Gasteiger partial charge in [-0.3, -0.25) is 9.59 Å². The lowest BCUT2D eigenvalue weighted by atomic mass is 10.1. The Bertz CT molecular complexity index is 944. The van der Waals surface area contributed by atoms with Gasteiger partial charge in [-0.15, -0.1) is 0 Å². The molecule has 1 saturated heterocycles. The van der Waals surface area contributed by atoms with Crippen molar-refractivity contribution in [2.24, 2.45) is 0 Å². The van der Waals surface area contributed by atoms with Gasteiger partial charge in [0.2, 0.25) is 0 Å². The van der Waals surface area contributed by atoms with Crippen molar-refractivity contribution >= 4 is 5.91 Å². The summed E-state index contributed by atoms with van der Waals surface area (Å²) in [5.74, 6) is -0.00650. The minimum atomic E-state index is -0.239. The van der Waals surface area contributed by atoms with Crippen LogP contribution in [0.5, 0.6) is 0 Å². The van der Waals surface area contributed by atoms with E-state index in [2.05, 4.69) is 15.2 Å². The van der Waals surface area contributed by atoms with E-state index in [9.17, 15) is 9.59 Å². The average Bonchev–Trinajstić information content (AvgIpc) is 3.34. The molecular formula is C19H19N5O2. The van der Waals surface area contributed by atoms with E-state index in [0.29, 0.717) is 18.7 Å². The summed E-state index contributed by atoms with van der Waals surface area (Å²) in [5, 5.41) is 6.57. The molecule has 1 N–H and O–H groups in total. The number of hydrogen-bond donors (Lipinski definition) is 1. The molecule has 1 unspecified atom stereocenters. The van der Waals surface area contributed by atoms with Gasteiger partial charge in [-0.2, -0.15) is 5.10 Å². The van der Waals surface area contributed by atoms with Gasteiger partial charge in [-0.25, -0.2) is 10.1 Å². The van der Waals surface area contributed by atoms with Gasteiger partial charge in [-0.05, 0) is 36.6 Å². The molecule has 3 aromatic rings. The quantitative estimate of drug-likeness (QED) is 0.781. The molecular weight excluding hydrogens is 330 g/mol. The molecule has 2 aromatic heterocycles. The lowest BCUT2D eigenvalue weighted by molar-refractivity contribution is 0.0732. The predicted molar refractivity (Wildman–Crippen MR) is 95.6 cm³/mol. The molecule has 4 rings (SSSR count). The van der Waals surface area contributed by atoms with Crippen molar-refractivity contribution in [3.05, 3.63) is 82.3 Å². The summed E-state index contributed by atoms with van der Waals surface area (Å²) in [7, 11) is 0. The number of nitrogens with zero attached hydrogens (tertiary/aromatic N) is 4. The Labute approximate surface area is 150 Å². The van der Waals surface area contributed by atoms with Crippen molar-refractivity contribution in [1.82, 2.24) is 24.6 Å². The van der Waals surface area contributed by atoms with Crippen LogP contribution >= 0.6 is 0 Å². The predicted octanol–water partition coefficient (Wildman–Crippen LogP) is 1.99. The molecule has 1 aliphatic heterocycles. The van der Waals surface area contributed by atoms with Crippen LogP contribution in [0.25, 0.3) is 0 Å². The first-order valence-corrected chi connectivity index (χ1v) is 8.62. The van der Waals surface area contributed by atoms with Gasteiger partial charge < -0.3 is 9.47 Å². The molecule has 0 aliphatic carbocycles. The van der Waals surface area contributed by atoms with Crippen LogP contribution in [0.1, 0.15) is 40.5 Å². The minimum Gasteiger partial charge on any atom is -0.333 e. The Morgan fingerprint density at radius 3 is 2.96 bits per heavy atom. The van der Waals surface area contributed by atoms with Crippen molar-refractivity contribution in [3.8, 4) is 0 Å². The van der Waals surface area contributed by atoms with E-state index in [1.165, 1.54) is 6.07 Å². The summed E-state index contributed by atoms with van der Waals surface area (Å²) in [6, 6.07) is 10.7. The molecule has 0 bridgehead atoms. The first-order chi connectivity index (χ1) is 12.7. The summed E-state index contributed by atoms with van der Waals surface area (Å²) in [6.45, 7) is 1.36. The maximum atomic E-state index is 13.1. The maximum Gasteiger partial charge on any atom is 0.264 e. The molecule has 1 fully saturated rings. The van der Waals surface area contributed by atoms with Crippen molar-refractivity contribution < 1.29 is 4.79 Å². The standard InChI is InChI=1S/C19H19N5O2/c25-18-7-6-16(21-22-18)17-5-2-9-24(17)19(26)15-4-1-3-14(11-15)12-23-10-8-20-13-23/h1,3-4,6-8,10-11,13,17H,2,5,9,12H2,(H,22,25). The second-order valence-electron chi connectivity index (χ2n) is 6.44. The van der Waals surface area contributed by atoms with Crippen molar-refractivity contribution in [3.63, 3.8) is 0 Å². The highest BCUT2D eigenvalue weighted by molar-refractivity contribution is 5.94. The number of H-pyrrole nitrogens is 1. The normalized spacial score (nSPS) is 16.8. The fourth-order valence-corrected chi connectivity index (χ4v) is 3.42. The van der Waals surface area contributed by atoms with Gasteiger partial charge in [-0.1, -0.05) is 12.1 Å². The van der Waals surface area contributed by atoms with Crippen LogP contribution in [0.15, 0.2) is 59.9 Å². The molecule has 1 atom stereocenters.